The molecular formula is C14H21ClN2. The molecule has 2 N–H and O–H groups in total. The Kier molecular flexibility index (Phi) is 3.82. The predicted molar refractivity (Wildman–Crippen MR) is 76.0 cm³/mol. The van der Waals surface area contributed by atoms with E-state index in [-0.39, 0.29) is 12.4 Å². The SMILES string of the molecule is Cl.Nc1cccc2c1CCCN2CC1CCC1. The van der Waals surface area contributed by atoms with Gasteiger partial charge in [-0.1, -0.05) is 12.5 Å². The summed E-state index contributed by atoms with van der Waals surface area (Å²) in [5.74, 6) is 0.937. The first-order valence-corrected chi connectivity index (χ1v) is 6.47. The molecule has 0 atom stereocenters. The molecule has 1 aliphatic heterocycles. The van der Waals surface area contributed by atoms with Crippen LogP contribution in [0.15, 0.2) is 18.2 Å². The Morgan fingerprint density at radius 2 is 2.06 bits per heavy atom. The fourth-order valence-electron chi connectivity index (χ4n) is 2.90. The van der Waals surface area contributed by atoms with Crippen molar-refractivity contribution >= 4 is 23.8 Å². The van der Waals surface area contributed by atoms with Gasteiger partial charge in [-0.05, 0) is 49.3 Å². The van der Waals surface area contributed by atoms with Gasteiger partial charge in [-0.3, -0.25) is 0 Å². The van der Waals surface area contributed by atoms with Crippen LogP contribution in [0.4, 0.5) is 11.4 Å². The minimum absolute atomic E-state index is 0. The van der Waals surface area contributed by atoms with Crippen LogP contribution in [0.3, 0.4) is 0 Å². The van der Waals surface area contributed by atoms with Gasteiger partial charge in [-0.15, -0.1) is 12.4 Å². The number of rotatable bonds is 2. The molecule has 0 saturated heterocycles. The summed E-state index contributed by atoms with van der Waals surface area (Å²) in [7, 11) is 0. The highest BCUT2D eigenvalue weighted by atomic mass is 35.5. The summed E-state index contributed by atoms with van der Waals surface area (Å²) in [6.07, 6.45) is 6.70. The molecule has 3 rings (SSSR count). The van der Waals surface area contributed by atoms with Crippen LogP contribution in [0.5, 0.6) is 0 Å². The van der Waals surface area contributed by atoms with Crippen LogP contribution in [0, 0.1) is 5.92 Å². The number of nitrogens with two attached hydrogens (primary N) is 1. The van der Waals surface area contributed by atoms with Gasteiger partial charge >= 0.3 is 0 Å². The summed E-state index contributed by atoms with van der Waals surface area (Å²) >= 11 is 0. The standard InChI is InChI=1S/C14H20N2.ClH/c15-13-7-2-8-14-12(13)6-3-9-16(14)10-11-4-1-5-11;/h2,7-8,11H,1,3-6,9-10,15H2;1H. The van der Waals surface area contributed by atoms with Crippen molar-refractivity contribution in [1.29, 1.82) is 0 Å². The molecule has 1 fully saturated rings. The van der Waals surface area contributed by atoms with Crippen LogP contribution in [-0.2, 0) is 6.42 Å². The predicted octanol–water partition coefficient (Wildman–Crippen LogP) is 3.24. The van der Waals surface area contributed by atoms with Crippen molar-refractivity contribution in [3.8, 4) is 0 Å². The van der Waals surface area contributed by atoms with Gasteiger partial charge in [0.25, 0.3) is 0 Å². The summed E-state index contributed by atoms with van der Waals surface area (Å²) in [4.78, 5) is 2.55. The zero-order chi connectivity index (χ0) is 11.0. The molecule has 2 nitrogen and oxygen atoms in total. The lowest BCUT2D eigenvalue weighted by Gasteiger charge is -2.37. The largest absolute Gasteiger partial charge is 0.398 e. The second kappa shape index (κ2) is 5.18. The maximum Gasteiger partial charge on any atom is 0.0419 e. The Hall–Kier alpha value is -0.890. The Labute approximate surface area is 110 Å². The Morgan fingerprint density at radius 3 is 2.76 bits per heavy atom. The van der Waals surface area contributed by atoms with Crippen molar-refractivity contribution in [2.24, 2.45) is 5.92 Å². The second-order valence-corrected chi connectivity index (χ2v) is 5.19. The quantitative estimate of drug-likeness (QED) is 0.819. The number of hydrogen-bond acceptors (Lipinski definition) is 2. The lowest BCUT2D eigenvalue weighted by atomic mass is 9.84. The van der Waals surface area contributed by atoms with Crippen molar-refractivity contribution in [2.75, 3.05) is 23.7 Å². The third-order valence-corrected chi connectivity index (χ3v) is 4.09. The third-order valence-electron chi connectivity index (χ3n) is 4.09. The lowest BCUT2D eigenvalue weighted by Crippen LogP contribution is -2.36. The first-order valence-electron chi connectivity index (χ1n) is 6.47. The van der Waals surface area contributed by atoms with Gasteiger partial charge in [0.05, 0.1) is 0 Å². The van der Waals surface area contributed by atoms with E-state index in [1.165, 1.54) is 50.0 Å². The van der Waals surface area contributed by atoms with Gasteiger partial charge in [0, 0.05) is 24.5 Å². The van der Waals surface area contributed by atoms with E-state index in [4.69, 9.17) is 5.73 Å². The molecule has 3 heteroatoms. The van der Waals surface area contributed by atoms with Crippen LogP contribution in [0.25, 0.3) is 0 Å². The Bertz CT molecular complexity index is 388. The molecule has 1 saturated carbocycles. The maximum atomic E-state index is 6.05. The van der Waals surface area contributed by atoms with E-state index < -0.39 is 0 Å². The number of hydrogen-bond donors (Lipinski definition) is 1. The normalized spacial score (nSPS) is 19.2. The summed E-state index contributed by atoms with van der Waals surface area (Å²) < 4.78 is 0. The average Bonchev–Trinajstić information content (AvgIpc) is 2.24. The van der Waals surface area contributed by atoms with Crippen LogP contribution >= 0.6 is 12.4 Å². The highest BCUT2D eigenvalue weighted by Crippen LogP contribution is 2.34. The summed E-state index contributed by atoms with van der Waals surface area (Å²) in [6, 6.07) is 6.36. The highest BCUT2D eigenvalue weighted by molar-refractivity contribution is 5.85. The van der Waals surface area contributed by atoms with Crippen molar-refractivity contribution in [2.45, 2.75) is 32.1 Å². The maximum absolute atomic E-state index is 6.05. The van der Waals surface area contributed by atoms with E-state index in [0.29, 0.717) is 0 Å². The van der Waals surface area contributed by atoms with Crippen molar-refractivity contribution < 1.29 is 0 Å². The van der Waals surface area contributed by atoms with Crippen LogP contribution in [0.2, 0.25) is 0 Å². The summed E-state index contributed by atoms with van der Waals surface area (Å²) in [5.41, 5.74) is 9.82. The number of anilines is 2. The fourth-order valence-corrected chi connectivity index (χ4v) is 2.90. The van der Waals surface area contributed by atoms with Gasteiger partial charge in [-0.25, -0.2) is 0 Å². The lowest BCUT2D eigenvalue weighted by molar-refractivity contribution is 0.316. The molecule has 0 aromatic heterocycles. The first kappa shape index (κ1) is 12.6. The smallest absolute Gasteiger partial charge is 0.0419 e. The van der Waals surface area contributed by atoms with E-state index in [0.717, 1.165) is 18.0 Å². The number of halogens is 1. The molecule has 0 bridgehead atoms. The number of nitrogens with zero attached hydrogens (tertiary/aromatic N) is 1. The van der Waals surface area contributed by atoms with Crippen molar-refractivity contribution in [3.63, 3.8) is 0 Å². The van der Waals surface area contributed by atoms with Crippen LogP contribution in [0.1, 0.15) is 31.2 Å². The van der Waals surface area contributed by atoms with E-state index in [1.807, 2.05) is 6.07 Å². The Morgan fingerprint density at radius 1 is 1.24 bits per heavy atom. The zero-order valence-electron chi connectivity index (χ0n) is 10.2. The van der Waals surface area contributed by atoms with Gasteiger partial charge in [-0.2, -0.15) is 0 Å². The summed E-state index contributed by atoms with van der Waals surface area (Å²) in [5, 5.41) is 0. The number of fused-ring (bicyclic) bond motifs is 1. The van der Waals surface area contributed by atoms with Gasteiger partial charge in [0.1, 0.15) is 0 Å². The van der Waals surface area contributed by atoms with Gasteiger partial charge in [0.2, 0.25) is 0 Å². The van der Waals surface area contributed by atoms with Gasteiger partial charge < -0.3 is 10.6 Å². The molecule has 17 heavy (non-hydrogen) atoms. The second-order valence-electron chi connectivity index (χ2n) is 5.19. The Balaban J connectivity index is 0.00000108. The van der Waals surface area contributed by atoms with Crippen LogP contribution < -0.4 is 10.6 Å². The molecule has 0 amide bonds. The molecule has 1 aromatic carbocycles. The molecule has 0 spiro atoms. The fraction of sp³-hybridized carbons (Fsp3) is 0.571. The minimum atomic E-state index is 0. The van der Waals surface area contributed by atoms with Crippen LogP contribution in [-0.4, -0.2) is 13.1 Å². The molecular weight excluding hydrogens is 232 g/mol. The highest BCUT2D eigenvalue weighted by Gasteiger charge is 2.24. The van der Waals surface area contributed by atoms with E-state index in [1.54, 1.807) is 0 Å². The van der Waals surface area contributed by atoms with Crippen molar-refractivity contribution in [3.05, 3.63) is 23.8 Å². The molecule has 0 radical (unpaired) electrons. The average molecular weight is 253 g/mol. The topological polar surface area (TPSA) is 29.3 Å². The molecule has 1 aliphatic carbocycles. The third kappa shape index (κ3) is 2.37. The molecule has 1 heterocycles. The van der Waals surface area contributed by atoms with E-state index >= 15 is 0 Å². The molecule has 94 valence electrons. The van der Waals surface area contributed by atoms with E-state index in [2.05, 4.69) is 17.0 Å². The minimum Gasteiger partial charge on any atom is -0.398 e. The first-order chi connectivity index (χ1) is 7.84. The molecule has 0 unspecified atom stereocenters. The monoisotopic (exact) mass is 252 g/mol. The van der Waals surface area contributed by atoms with Crippen molar-refractivity contribution in [1.82, 2.24) is 0 Å². The molecule has 2 aliphatic rings. The number of benzene rings is 1. The number of nitrogen functional groups attached to an aromatic ring is 1. The zero-order valence-corrected chi connectivity index (χ0v) is 11.0. The summed E-state index contributed by atoms with van der Waals surface area (Å²) in [6.45, 7) is 2.46. The molecule has 1 aromatic rings. The van der Waals surface area contributed by atoms with Gasteiger partial charge in [0.15, 0.2) is 0 Å². The van der Waals surface area contributed by atoms with E-state index in [9.17, 15) is 0 Å².